The summed E-state index contributed by atoms with van der Waals surface area (Å²) in [7, 11) is 0. The van der Waals surface area contributed by atoms with Gasteiger partial charge in [-0.05, 0) is 30.2 Å². The minimum Gasteiger partial charge on any atom is -0.394 e. The molecular formula is C24H25FN6O3. The molecule has 1 unspecified atom stereocenters. The monoisotopic (exact) mass is 464 g/mol. The number of amides is 3. The highest BCUT2D eigenvalue weighted by molar-refractivity contribution is 5.98. The number of nitrogens with one attached hydrogen (secondary N) is 3. The highest BCUT2D eigenvalue weighted by Gasteiger charge is 2.21. The first-order valence-corrected chi connectivity index (χ1v) is 10.8. The van der Waals surface area contributed by atoms with E-state index in [0.29, 0.717) is 30.3 Å². The third kappa shape index (κ3) is 5.24. The van der Waals surface area contributed by atoms with Crippen molar-refractivity contribution in [3.05, 3.63) is 77.7 Å². The van der Waals surface area contributed by atoms with Crippen molar-refractivity contribution in [1.29, 1.82) is 0 Å². The largest absolute Gasteiger partial charge is 0.394 e. The number of aromatic nitrogens is 1. The van der Waals surface area contributed by atoms with Crippen LogP contribution in [0.3, 0.4) is 0 Å². The lowest BCUT2D eigenvalue weighted by Gasteiger charge is -2.30. The van der Waals surface area contributed by atoms with Crippen molar-refractivity contribution in [1.82, 2.24) is 9.88 Å². The minimum absolute atomic E-state index is 0.0402. The fraction of sp³-hybridized carbons (Fsp3) is 0.208. The number of urea groups is 1. The van der Waals surface area contributed by atoms with Gasteiger partial charge in [0.05, 0.1) is 29.6 Å². The quantitative estimate of drug-likeness (QED) is 0.347. The molecule has 1 aliphatic heterocycles. The van der Waals surface area contributed by atoms with Crippen LogP contribution in [0.2, 0.25) is 0 Å². The molecule has 0 aliphatic carbocycles. The van der Waals surface area contributed by atoms with E-state index in [1.54, 1.807) is 11.0 Å². The number of likely N-dealkylation sites (tertiary alicyclic amines) is 1. The molecule has 2 aromatic carbocycles. The molecule has 1 fully saturated rings. The van der Waals surface area contributed by atoms with E-state index in [0.717, 1.165) is 12.0 Å². The first-order chi connectivity index (χ1) is 16.4. The third-order valence-corrected chi connectivity index (χ3v) is 5.51. The normalized spacial score (nSPS) is 13.5. The molecule has 1 atom stereocenters. The van der Waals surface area contributed by atoms with E-state index in [-0.39, 0.29) is 23.9 Å². The number of aliphatic hydroxyl groups is 1. The Balaban J connectivity index is 1.56. The molecule has 3 amide bonds. The first kappa shape index (κ1) is 23.0. The van der Waals surface area contributed by atoms with E-state index in [9.17, 15) is 19.1 Å². The number of hydrogen-bond acceptors (Lipinski definition) is 6. The van der Waals surface area contributed by atoms with Crippen LogP contribution >= 0.6 is 0 Å². The van der Waals surface area contributed by atoms with Crippen molar-refractivity contribution in [2.45, 2.75) is 12.5 Å². The number of hydrogen-bond donors (Lipinski definition) is 5. The Morgan fingerprint density at radius 3 is 2.53 bits per heavy atom. The molecule has 1 aromatic heterocycles. The second-order valence-corrected chi connectivity index (χ2v) is 7.86. The number of halogens is 1. The van der Waals surface area contributed by atoms with E-state index >= 15 is 0 Å². The van der Waals surface area contributed by atoms with Crippen molar-refractivity contribution >= 4 is 34.8 Å². The van der Waals surface area contributed by atoms with E-state index in [1.165, 1.54) is 24.4 Å². The van der Waals surface area contributed by atoms with Gasteiger partial charge in [-0.2, -0.15) is 0 Å². The zero-order valence-corrected chi connectivity index (χ0v) is 18.3. The lowest BCUT2D eigenvalue weighted by molar-refractivity contribution is 0.100. The van der Waals surface area contributed by atoms with E-state index in [2.05, 4.69) is 20.9 Å². The van der Waals surface area contributed by atoms with E-state index in [4.69, 9.17) is 5.73 Å². The van der Waals surface area contributed by atoms with Crippen molar-refractivity contribution < 1.29 is 19.1 Å². The highest BCUT2D eigenvalue weighted by Crippen LogP contribution is 2.27. The number of anilines is 4. The number of primary amides is 1. The third-order valence-electron chi connectivity index (χ3n) is 5.51. The molecule has 2 heterocycles. The van der Waals surface area contributed by atoms with Crippen molar-refractivity contribution in [3.63, 3.8) is 0 Å². The average molecular weight is 465 g/mol. The summed E-state index contributed by atoms with van der Waals surface area (Å²) in [5.74, 6) is -0.889. The van der Waals surface area contributed by atoms with Gasteiger partial charge in [-0.25, -0.2) is 14.2 Å². The Kier molecular flexibility index (Phi) is 6.88. The summed E-state index contributed by atoms with van der Waals surface area (Å²) >= 11 is 0. The number of carbonyl (C=O) groups is 2. The molecule has 176 valence electrons. The molecule has 6 N–H and O–H groups in total. The number of pyridine rings is 1. The molecule has 0 spiro atoms. The van der Waals surface area contributed by atoms with Crippen LogP contribution < -0.4 is 21.7 Å². The second kappa shape index (κ2) is 10.2. The fourth-order valence-corrected chi connectivity index (χ4v) is 3.51. The second-order valence-electron chi connectivity index (χ2n) is 7.86. The smallest absolute Gasteiger partial charge is 0.321 e. The zero-order valence-electron chi connectivity index (χ0n) is 18.3. The number of nitrogens with two attached hydrogens (primary N) is 1. The number of rotatable bonds is 8. The van der Waals surface area contributed by atoms with Gasteiger partial charge in [-0.15, -0.1) is 0 Å². The molecule has 1 saturated heterocycles. The SMILES string of the molecule is NC(=O)c1cnc(Nc2ccc(F)c(NC(=O)N3CCC3)c2)cc1NC(CO)c1ccccc1. The fourth-order valence-electron chi connectivity index (χ4n) is 3.51. The predicted octanol–water partition coefficient (Wildman–Crippen LogP) is 3.45. The molecule has 4 rings (SSSR count). The summed E-state index contributed by atoms with van der Waals surface area (Å²) in [5, 5.41) is 18.6. The molecule has 34 heavy (non-hydrogen) atoms. The van der Waals surface area contributed by atoms with Gasteiger partial charge >= 0.3 is 6.03 Å². The van der Waals surface area contributed by atoms with Gasteiger partial charge in [0, 0.05) is 31.0 Å². The summed E-state index contributed by atoms with van der Waals surface area (Å²) in [4.78, 5) is 29.9. The van der Waals surface area contributed by atoms with Crippen LogP contribution in [0.1, 0.15) is 28.4 Å². The molecule has 0 bridgehead atoms. The lowest BCUT2D eigenvalue weighted by atomic mass is 10.1. The van der Waals surface area contributed by atoms with Gasteiger partial charge in [0.1, 0.15) is 11.6 Å². The van der Waals surface area contributed by atoms with Crippen LogP contribution in [0.5, 0.6) is 0 Å². The van der Waals surface area contributed by atoms with Crippen LogP contribution in [0.25, 0.3) is 0 Å². The van der Waals surface area contributed by atoms with Crippen LogP contribution in [0.4, 0.5) is 32.1 Å². The van der Waals surface area contributed by atoms with Crippen molar-refractivity contribution in [3.8, 4) is 0 Å². The van der Waals surface area contributed by atoms with Crippen LogP contribution in [-0.4, -0.2) is 46.6 Å². The number of aliphatic hydroxyl groups excluding tert-OH is 1. The number of carbonyl (C=O) groups excluding carboxylic acids is 2. The number of nitrogens with zero attached hydrogens (tertiary/aromatic N) is 2. The predicted molar refractivity (Wildman–Crippen MR) is 128 cm³/mol. The van der Waals surface area contributed by atoms with Gasteiger partial charge in [0.25, 0.3) is 5.91 Å². The Morgan fingerprint density at radius 2 is 1.88 bits per heavy atom. The molecule has 1 aliphatic rings. The van der Waals surface area contributed by atoms with Gasteiger partial charge in [0.15, 0.2) is 0 Å². The lowest BCUT2D eigenvalue weighted by Crippen LogP contribution is -2.44. The molecule has 3 aromatic rings. The van der Waals surface area contributed by atoms with Gasteiger partial charge < -0.3 is 31.7 Å². The van der Waals surface area contributed by atoms with E-state index in [1.807, 2.05) is 30.3 Å². The topological polar surface area (TPSA) is 133 Å². The van der Waals surface area contributed by atoms with Crippen molar-refractivity contribution in [2.75, 3.05) is 35.6 Å². The number of benzene rings is 2. The van der Waals surface area contributed by atoms with Crippen LogP contribution in [0, 0.1) is 5.82 Å². The van der Waals surface area contributed by atoms with Crippen molar-refractivity contribution in [2.24, 2.45) is 5.73 Å². The standard InChI is InChI=1S/C24H25FN6O3/c25-18-8-7-16(11-20(18)30-24(34)31-9-4-10-31)28-22-12-19(17(13-27-22)23(26)33)29-21(14-32)15-5-2-1-3-6-15/h1-3,5-8,11-13,21,32H,4,9-10,14H2,(H2,26,33)(H,30,34)(H2,27,28,29). The first-order valence-electron chi connectivity index (χ1n) is 10.8. The van der Waals surface area contributed by atoms with Crippen LogP contribution in [0.15, 0.2) is 60.8 Å². The summed E-state index contributed by atoms with van der Waals surface area (Å²) in [6.45, 7) is 1.08. The maximum Gasteiger partial charge on any atom is 0.321 e. The molecule has 9 nitrogen and oxygen atoms in total. The van der Waals surface area contributed by atoms with Crippen LogP contribution in [-0.2, 0) is 0 Å². The maximum absolute atomic E-state index is 14.2. The van der Waals surface area contributed by atoms with Gasteiger partial charge in [0.2, 0.25) is 0 Å². The summed E-state index contributed by atoms with van der Waals surface area (Å²) < 4.78 is 14.2. The maximum atomic E-state index is 14.2. The van der Waals surface area contributed by atoms with E-state index < -0.39 is 17.8 Å². The van der Waals surface area contributed by atoms with Gasteiger partial charge in [-0.3, -0.25) is 4.79 Å². The molecule has 0 saturated carbocycles. The summed E-state index contributed by atoms with van der Waals surface area (Å²) in [6, 6.07) is 14.2. The zero-order chi connectivity index (χ0) is 24.1. The minimum atomic E-state index is -0.677. The Bertz CT molecular complexity index is 1190. The molecular weight excluding hydrogens is 439 g/mol. The summed E-state index contributed by atoms with van der Waals surface area (Å²) in [6.07, 6.45) is 2.25. The molecule has 0 radical (unpaired) electrons. The Morgan fingerprint density at radius 1 is 1.12 bits per heavy atom. The Labute approximate surface area is 195 Å². The summed E-state index contributed by atoms with van der Waals surface area (Å²) in [5.41, 5.74) is 7.39. The van der Waals surface area contributed by atoms with Gasteiger partial charge in [-0.1, -0.05) is 30.3 Å². The molecule has 10 heteroatoms. The average Bonchev–Trinajstić information content (AvgIpc) is 2.79. The Hall–Kier alpha value is -4.18. The highest BCUT2D eigenvalue weighted by atomic mass is 19.1.